The molecule has 2 aromatic heterocycles. The van der Waals surface area contributed by atoms with Gasteiger partial charge in [-0.3, -0.25) is 24.5 Å². The topological polar surface area (TPSA) is 110 Å². The quantitative estimate of drug-likeness (QED) is 0.0753. The Hall–Kier alpha value is -6.25. The van der Waals surface area contributed by atoms with Gasteiger partial charge in [0.15, 0.2) is 5.60 Å². The van der Waals surface area contributed by atoms with Gasteiger partial charge >= 0.3 is 5.97 Å². The van der Waals surface area contributed by atoms with Crippen LogP contribution in [0.5, 0.6) is 0 Å². The van der Waals surface area contributed by atoms with Crippen molar-refractivity contribution < 1.29 is 24.2 Å². The smallest absolute Gasteiger partial charge is 0.331 e. The summed E-state index contributed by atoms with van der Waals surface area (Å²) in [4.78, 5) is 52.5. The van der Waals surface area contributed by atoms with Crippen LogP contribution in [0.4, 0.5) is 0 Å². The lowest BCUT2D eigenvalue weighted by atomic mass is 9.71. The fourth-order valence-corrected chi connectivity index (χ4v) is 8.35. The Labute approximate surface area is 307 Å². The van der Waals surface area contributed by atoms with Crippen LogP contribution in [0, 0.1) is 23.7 Å². The van der Waals surface area contributed by atoms with Crippen molar-refractivity contribution in [2.24, 2.45) is 23.7 Å². The van der Waals surface area contributed by atoms with Crippen LogP contribution in [-0.4, -0.2) is 50.4 Å². The van der Waals surface area contributed by atoms with Gasteiger partial charge in [-0.1, -0.05) is 109 Å². The lowest BCUT2D eigenvalue weighted by Gasteiger charge is -2.36. The second-order valence-electron chi connectivity index (χ2n) is 13.7. The number of carbonyl (C=O) groups is 3. The molecule has 8 nitrogen and oxygen atoms in total. The largest absolute Gasteiger partial charge is 0.458 e. The average Bonchev–Trinajstić information content (AvgIpc) is 3.82. The van der Waals surface area contributed by atoms with Gasteiger partial charge in [0.05, 0.1) is 29.8 Å². The second kappa shape index (κ2) is 14.1. The van der Waals surface area contributed by atoms with Gasteiger partial charge in [0.25, 0.3) is 0 Å². The van der Waals surface area contributed by atoms with Crippen LogP contribution >= 0.6 is 0 Å². The molecule has 1 aliphatic heterocycles. The molecule has 3 heterocycles. The van der Waals surface area contributed by atoms with Crippen molar-refractivity contribution in [2.45, 2.75) is 18.6 Å². The summed E-state index contributed by atoms with van der Waals surface area (Å²) >= 11 is 0. The first-order valence-electron chi connectivity index (χ1n) is 17.8. The number of aliphatic hydroxyl groups is 1. The SMILES string of the molecule is CC(CN1C(=O)C2C3C=C(C(O)(c4ccccc4)c4ccccn4)C(C3=C(c3ccccc3)c3ccccn3)C2C1=O)OC(=O)C=Cc1ccccc1. The van der Waals surface area contributed by atoms with Gasteiger partial charge < -0.3 is 9.84 Å². The Morgan fingerprint density at radius 1 is 0.811 bits per heavy atom. The average molecular weight is 700 g/mol. The molecule has 3 aliphatic rings. The number of esters is 1. The number of amides is 2. The number of carbonyl (C=O) groups excluding carboxylic acids is 3. The maximum atomic E-state index is 14.7. The van der Waals surface area contributed by atoms with Crippen LogP contribution in [0.15, 0.2) is 163 Å². The van der Waals surface area contributed by atoms with E-state index in [1.54, 1.807) is 37.5 Å². The molecule has 3 aromatic carbocycles. The number of allylic oxidation sites excluding steroid dienone is 2. The van der Waals surface area contributed by atoms with Crippen molar-refractivity contribution in [3.8, 4) is 0 Å². The lowest BCUT2D eigenvalue weighted by molar-refractivity contribution is -0.149. The first-order chi connectivity index (χ1) is 25.9. The van der Waals surface area contributed by atoms with Crippen LogP contribution in [0.2, 0.25) is 0 Å². The molecule has 262 valence electrons. The fourth-order valence-electron chi connectivity index (χ4n) is 8.35. The summed E-state index contributed by atoms with van der Waals surface area (Å²) in [5.74, 6) is -3.95. The Morgan fingerprint density at radius 2 is 1.43 bits per heavy atom. The maximum absolute atomic E-state index is 14.7. The van der Waals surface area contributed by atoms with Crippen molar-refractivity contribution >= 4 is 29.4 Å². The van der Waals surface area contributed by atoms with E-state index < -0.39 is 41.3 Å². The summed E-state index contributed by atoms with van der Waals surface area (Å²) in [6.07, 6.45) is 7.61. The van der Waals surface area contributed by atoms with E-state index in [1.807, 2.05) is 121 Å². The standard InChI is InChI=1S/C45H37N3O5/c1-29(53-37(49)24-23-30-15-5-2-6-16-30)28-48-43(50)40-33-27-34(45(52,32-19-9-4-10-20-32)36-22-12-14-26-47-36)41(42(40)44(48)51)39(33)38(31-17-7-3-8-18-31)35-21-11-13-25-46-35/h2-27,29,33,40-42,52H,28H2,1H3. The molecule has 1 N–H and O–H groups in total. The lowest BCUT2D eigenvalue weighted by Crippen LogP contribution is -2.40. The van der Waals surface area contributed by atoms with E-state index in [1.165, 1.54) is 11.0 Å². The third-order valence-corrected chi connectivity index (χ3v) is 10.5. The molecule has 2 bridgehead atoms. The van der Waals surface area contributed by atoms with E-state index in [0.717, 1.165) is 22.3 Å². The van der Waals surface area contributed by atoms with Gasteiger partial charge in [-0.2, -0.15) is 0 Å². The summed E-state index contributed by atoms with van der Waals surface area (Å²) in [5, 5.41) is 13.1. The van der Waals surface area contributed by atoms with Crippen molar-refractivity contribution in [1.82, 2.24) is 14.9 Å². The van der Waals surface area contributed by atoms with Crippen LogP contribution in [0.3, 0.4) is 0 Å². The van der Waals surface area contributed by atoms with E-state index in [0.29, 0.717) is 22.5 Å². The number of hydrogen-bond acceptors (Lipinski definition) is 7. The molecule has 2 aliphatic carbocycles. The number of nitrogens with zero attached hydrogens (tertiary/aromatic N) is 3. The Kier molecular flexibility index (Phi) is 8.98. The number of benzene rings is 3. The molecule has 1 saturated carbocycles. The fraction of sp³-hybridized carbons (Fsp3) is 0.178. The Morgan fingerprint density at radius 3 is 2.09 bits per heavy atom. The zero-order valence-electron chi connectivity index (χ0n) is 29.0. The first-order valence-corrected chi connectivity index (χ1v) is 17.8. The molecule has 5 aromatic rings. The van der Waals surface area contributed by atoms with Gasteiger partial charge in [0.1, 0.15) is 6.10 Å². The molecular weight excluding hydrogens is 663 g/mol. The Balaban J connectivity index is 1.21. The second-order valence-corrected chi connectivity index (χ2v) is 13.7. The van der Waals surface area contributed by atoms with Crippen LogP contribution in [0.25, 0.3) is 11.6 Å². The Bertz CT molecular complexity index is 2160. The molecule has 6 unspecified atom stereocenters. The number of fused-ring (bicyclic) bond motifs is 5. The minimum absolute atomic E-state index is 0.0849. The first kappa shape index (κ1) is 33.9. The van der Waals surface area contributed by atoms with E-state index in [2.05, 4.69) is 4.98 Å². The molecule has 2 amide bonds. The van der Waals surface area contributed by atoms with Gasteiger partial charge in [-0.05, 0) is 65.1 Å². The third kappa shape index (κ3) is 6.01. The summed E-state index contributed by atoms with van der Waals surface area (Å²) in [6.45, 7) is 1.59. The monoisotopic (exact) mass is 699 g/mol. The number of ether oxygens (including phenoxy) is 1. The van der Waals surface area contributed by atoms with E-state index in [4.69, 9.17) is 9.72 Å². The predicted molar refractivity (Wildman–Crippen MR) is 200 cm³/mol. The number of hydrogen-bond donors (Lipinski definition) is 1. The van der Waals surface area contributed by atoms with Crippen LogP contribution in [-0.2, 0) is 24.7 Å². The number of imide groups is 1. The molecule has 6 atom stereocenters. The van der Waals surface area contributed by atoms with E-state index in [9.17, 15) is 19.5 Å². The molecule has 0 spiro atoms. The van der Waals surface area contributed by atoms with E-state index >= 15 is 0 Å². The minimum Gasteiger partial charge on any atom is -0.458 e. The van der Waals surface area contributed by atoms with Gasteiger partial charge in [0, 0.05) is 35.9 Å². The van der Waals surface area contributed by atoms with Crippen molar-refractivity contribution in [1.29, 1.82) is 0 Å². The highest BCUT2D eigenvalue weighted by atomic mass is 16.5. The summed E-state index contributed by atoms with van der Waals surface area (Å²) in [5.41, 5.74) is 4.06. The number of likely N-dealkylation sites (tertiary alicyclic amines) is 1. The molecular formula is C45H37N3O5. The highest BCUT2D eigenvalue weighted by Crippen LogP contribution is 2.64. The summed E-state index contributed by atoms with van der Waals surface area (Å²) in [7, 11) is 0. The number of aromatic nitrogens is 2. The molecule has 0 radical (unpaired) electrons. The highest BCUT2D eigenvalue weighted by molar-refractivity contribution is 6.08. The summed E-state index contributed by atoms with van der Waals surface area (Å²) < 4.78 is 5.64. The molecule has 1 saturated heterocycles. The zero-order valence-corrected chi connectivity index (χ0v) is 29.0. The molecule has 2 fully saturated rings. The highest BCUT2D eigenvalue weighted by Gasteiger charge is 2.66. The van der Waals surface area contributed by atoms with Crippen molar-refractivity contribution in [3.63, 3.8) is 0 Å². The van der Waals surface area contributed by atoms with Gasteiger partial charge in [-0.25, -0.2) is 4.79 Å². The van der Waals surface area contributed by atoms with E-state index in [-0.39, 0.29) is 18.4 Å². The van der Waals surface area contributed by atoms with Crippen molar-refractivity contribution in [2.75, 3.05) is 6.54 Å². The third-order valence-electron chi connectivity index (χ3n) is 10.5. The van der Waals surface area contributed by atoms with Crippen LogP contribution < -0.4 is 0 Å². The minimum atomic E-state index is -1.71. The summed E-state index contributed by atoms with van der Waals surface area (Å²) in [6, 6.07) is 39.7. The molecule has 8 rings (SSSR count). The normalized spacial score (nSPS) is 23.1. The number of pyridine rings is 2. The van der Waals surface area contributed by atoms with Gasteiger partial charge in [-0.15, -0.1) is 0 Å². The predicted octanol–water partition coefficient (Wildman–Crippen LogP) is 6.65. The zero-order chi connectivity index (χ0) is 36.5. The maximum Gasteiger partial charge on any atom is 0.331 e. The van der Waals surface area contributed by atoms with Crippen LogP contribution in [0.1, 0.15) is 35.0 Å². The number of rotatable bonds is 10. The molecule has 53 heavy (non-hydrogen) atoms. The van der Waals surface area contributed by atoms with Crippen molar-refractivity contribution in [3.05, 3.63) is 191 Å². The van der Waals surface area contributed by atoms with Gasteiger partial charge in [0.2, 0.25) is 11.8 Å². The molecule has 8 heteroatoms.